The molecule has 110 valence electrons. The van der Waals surface area contributed by atoms with Crippen molar-refractivity contribution in [2.75, 3.05) is 50.5 Å². The topological polar surface area (TPSA) is 61.6 Å². The molecule has 1 heterocycles. The maximum absolute atomic E-state index is 11.3. The van der Waals surface area contributed by atoms with Crippen LogP contribution in [-0.4, -0.2) is 50.1 Å². The number of likely N-dealkylation sites (N-methyl/N-ethyl adjacent to an activating group) is 1. The maximum atomic E-state index is 11.3. The lowest BCUT2D eigenvalue weighted by Gasteiger charge is -2.23. The second kappa shape index (κ2) is 6.56. The number of nitro groups is 1. The summed E-state index contributed by atoms with van der Waals surface area (Å²) in [6.07, 6.45) is 2.53. The summed E-state index contributed by atoms with van der Waals surface area (Å²) in [5.74, 6) is 0. The molecule has 0 aliphatic carbocycles. The zero-order valence-corrected chi connectivity index (χ0v) is 12.1. The van der Waals surface area contributed by atoms with Crippen molar-refractivity contribution in [2.45, 2.75) is 12.8 Å². The molecular formula is C14H22N4O2. The van der Waals surface area contributed by atoms with Crippen molar-refractivity contribution in [3.63, 3.8) is 0 Å². The number of nitrogens with zero attached hydrogens (tertiary/aromatic N) is 3. The van der Waals surface area contributed by atoms with Crippen LogP contribution in [0, 0.1) is 10.1 Å². The zero-order valence-electron chi connectivity index (χ0n) is 12.1. The maximum Gasteiger partial charge on any atom is 0.315 e. The Morgan fingerprint density at radius 1 is 1.40 bits per heavy atom. The normalized spacial score (nSPS) is 15.3. The van der Waals surface area contributed by atoms with Crippen LogP contribution in [0.3, 0.4) is 0 Å². The first-order valence-corrected chi connectivity index (χ1v) is 7.02. The van der Waals surface area contributed by atoms with Gasteiger partial charge in [0.15, 0.2) is 0 Å². The standard InChI is InChI=1S/C14H22N4O2/c1-15-12-6-5-7-13(14(12)18(19)20)16(2)10-11-17-8-3-4-9-17/h5-7,15H,3-4,8-11H2,1-2H3. The highest BCUT2D eigenvalue weighted by Crippen LogP contribution is 2.34. The molecule has 0 spiro atoms. The summed E-state index contributed by atoms with van der Waals surface area (Å²) in [6, 6.07) is 5.39. The van der Waals surface area contributed by atoms with Crippen molar-refractivity contribution >= 4 is 17.1 Å². The SMILES string of the molecule is CNc1cccc(N(C)CCN2CCCC2)c1[N+](=O)[O-]. The van der Waals surface area contributed by atoms with Crippen LogP contribution in [0.5, 0.6) is 0 Å². The highest BCUT2D eigenvalue weighted by molar-refractivity contribution is 5.76. The molecule has 2 rings (SSSR count). The molecule has 1 aliphatic rings. The lowest BCUT2D eigenvalue weighted by Crippen LogP contribution is -2.31. The minimum atomic E-state index is -0.312. The molecule has 0 saturated carbocycles. The molecule has 0 atom stereocenters. The van der Waals surface area contributed by atoms with Crippen LogP contribution in [0.1, 0.15) is 12.8 Å². The van der Waals surface area contributed by atoms with Crippen LogP contribution >= 0.6 is 0 Å². The highest BCUT2D eigenvalue weighted by Gasteiger charge is 2.22. The van der Waals surface area contributed by atoms with Crippen LogP contribution in [0.2, 0.25) is 0 Å². The molecular weight excluding hydrogens is 256 g/mol. The smallest absolute Gasteiger partial charge is 0.315 e. The number of hydrogen-bond acceptors (Lipinski definition) is 5. The van der Waals surface area contributed by atoms with E-state index in [2.05, 4.69) is 10.2 Å². The highest BCUT2D eigenvalue weighted by atomic mass is 16.6. The molecule has 0 unspecified atom stereocenters. The molecule has 0 bridgehead atoms. The second-order valence-electron chi connectivity index (χ2n) is 5.15. The van der Waals surface area contributed by atoms with E-state index in [0.717, 1.165) is 26.2 Å². The van der Waals surface area contributed by atoms with E-state index in [4.69, 9.17) is 0 Å². The quantitative estimate of drug-likeness (QED) is 0.638. The zero-order chi connectivity index (χ0) is 14.5. The summed E-state index contributed by atoms with van der Waals surface area (Å²) < 4.78 is 0. The predicted molar refractivity (Wildman–Crippen MR) is 81.6 cm³/mol. The van der Waals surface area contributed by atoms with Crippen LogP contribution in [0.4, 0.5) is 17.1 Å². The fourth-order valence-corrected chi connectivity index (χ4v) is 2.65. The number of nitrogens with one attached hydrogen (secondary N) is 1. The van der Waals surface area contributed by atoms with E-state index in [1.165, 1.54) is 12.8 Å². The molecule has 1 fully saturated rings. The van der Waals surface area contributed by atoms with Gasteiger partial charge in [-0.2, -0.15) is 0 Å². The van der Waals surface area contributed by atoms with E-state index in [0.29, 0.717) is 11.4 Å². The number of nitro benzene ring substituents is 1. The van der Waals surface area contributed by atoms with E-state index in [9.17, 15) is 10.1 Å². The van der Waals surface area contributed by atoms with Crippen LogP contribution in [-0.2, 0) is 0 Å². The molecule has 20 heavy (non-hydrogen) atoms. The Balaban J connectivity index is 2.11. The molecule has 1 saturated heterocycles. The fraction of sp³-hybridized carbons (Fsp3) is 0.571. The number of rotatable bonds is 6. The van der Waals surface area contributed by atoms with Gasteiger partial charge in [0.1, 0.15) is 11.4 Å². The Bertz CT molecular complexity index is 472. The van der Waals surface area contributed by atoms with E-state index < -0.39 is 0 Å². The van der Waals surface area contributed by atoms with Gasteiger partial charge in [0, 0.05) is 27.2 Å². The Kier molecular flexibility index (Phi) is 4.79. The van der Waals surface area contributed by atoms with Crippen LogP contribution in [0.15, 0.2) is 18.2 Å². The van der Waals surface area contributed by atoms with Gasteiger partial charge in [0.05, 0.1) is 4.92 Å². The number of anilines is 2. The molecule has 1 N–H and O–H groups in total. The Morgan fingerprint density at radius 3 is 2.70 bits per heavy atom. The second-order valence-corrected chi connectivity index (χ2v) is 5.15. The predicted octanol–water partition coefficient (Wildman–Crippen LogP) is 2.17. The summed E-state index contributed by atoms with van der Waals surface area (Å²) in [7, 11) is 3.62. The van der Waals surface area contributed by atoms with E-state index in [1.54, 1.807) is 13.1 Å². The lowest BCUT2D eigenvalue weighted by molar-refractivity contribution is -0.383. The van der Waals surface area contributed by atoms with Crippen molar-refractivity contribution in [3.05, 3.63) is 28.3 Å². The van der Waals surface area contributed by atoms with Crippen molar-refractivity contribution < 1.29 is 4.92 Å². The average Bonchev–Trinajstić information content (AvgIpc) is 2.96. The van der Waals surface area contributed by atoms with Gasteiger partial charge in [-0.1, -0.05) is 6.07 Å². The molecule has 0 amide bonds. The van der Waals surface area contributed by atoms with Crippen molar-refractivity contribution in [2.24, 2.45) is 0 Å². The van der Waals surface area contributed by atoms with Gasteiger partial charge in [-0.25, -0.2) is 0 Å². The van der Waals surface area contributed by atoms with Crippen LogP contribution in [0.25, 0.3) is 0 Å². The largest absolute Gasteiger partial charge is 0.382 e. The molecule has 6 nitrogen and oxygen atoms in total. The van der Waals surface area contributed by atoms with Gasteiger partial charge < -0.3 is 15.1 Å². The van der Waals surface area contributed by atoms with Gasteiger partial charge in [-0.05, 0) is 38.1 Å². The molecule has 1 aliphatic heterocycles. The monoisotopic (exact) mass is 278 g/mol. The Morgan fingerprint density at radius 2 is 2.10 bits per heavy atom. The number of hydrogen-bond donors (Lipinski definition) is 1. The van der Waals surface area contributed by atoms with Crippen LogP contribution < -0.4 is 10.2 Å². The summed E-state index contributed by atoms with van der Waals surface area (Å²) in [5.41, 5.74) is 1.38. The van der Waals surface area contributed by atoms with E-state index in [-0.39, 0.29) is 10.6 Å². The number of likely N-dealkylation sites (tertiary alicyclic amines) is 1. The van der Waals surface area contributed by atoms with Crippen molar-refractivity contribution in [3.8, 4) is 0 Å². The van der Waals surface area contributed by atoms with Gasteiger partial charge in [0.2, 0.25) is 0 Å². The summed E-state index contributed by atoms with van der Waals surface area (Å²) >= 11 is 0. The third kappa shape index (κ3) is 3.19. The lowest BCUT2D eigenvalue weighted by atomic mass is 10.2. The summed E-state index contributed by atoms with van der Waals surface area (Å²) in [6.45, 7) is 4.05. The minimum absolute atomic E-state index is 0.152. The third-order valence-electron chi connectivity index (χ3n) is 3.83. The first kappa shape index (κ1) is 14.6. The van der Waals surface area contributed by atoms with E-state index in [1.807, 2.05) is 24.1 Å². The van der Waals surface area contributed by atoms with Gasteiger partial charge in [0.25, 0.3) is 0 Å². The van der Waals surface area contributed by atoms with Crippen molar-refractivity contribution in [1.29, 1.82) is 0 Å². The fourth-order valence-electron chi connectivity index (χ4n) is 2.65. The van der Waals surface area contributed by atoms with Gasteiger partial charge >= 0.3 is 5.69 Å². The molecule has 1 aromatic carbocycles. The van der Waals surface area contributed by atoms with Gasteiger partial charge in [-0.15, -0.1) is 0 Å². The molecule has 0 radical (unpaired) electrons. The van der Waals surface area contributed by atoms with Gasteiger partial charge in [-0.3, -0.25) is 10.1 Å². The Hall–Kier alpha value is -1.82. The molecule has 0 aromatic heterocycles. The Labute approximate surface area is 119 Å². The van der Waals surface area contributed by atoms with E-state index >= 15 is 0 Å². The molecule has 1 aromatic rings. The average molecular weight is 278 g/mol. The number of benzene rings is 1. The number of para-hydroxylation sites is 1. The summed E-state index contributed by atoms with van der Waals surface area (Å²) in [5, 5.41) is 14.2. The molecule has 6 heteroatoms. The summed E-state index contributed by atoms with van der Waals surface area (Å²) in [4.78, 5) is 15.4. The minimum Gasteiger partial charge on any atom is -0.382 e. The van der Waals surface area contributed by atoms with Crippen molar-refractivity contribution in [1.82, 2.24) is 4.90 Å². The first-order valence-electron chi connectivity index (χ1n) is 7.02. The third-order valence-corrected chi connectivity index (χ3v) is 3.83. The first-order chi connectivity index (χ1) is 9.63.